The van der Waals surface area contributed by atoms with Crippen LogP contribution in [0.4, 0.5) is 0 Å². The molecular formula is C23H23N5O3. The molecule has 4 aromatic rings. The van der Waals surface area contributed by atoms with Crippen molar-refractivity contribution in [3.63, 3.8) is 0 Å². The van der Waals surface area contributed by atoms with E-state index in [9.17, 15) is 14.4 Å². The van der Waals surface area contributed by atoms with E-state index in [1.807, 2.05) is 29.7 Å². The smallest absolute Gasteiger partial charge is 0.332 e. The normalized spacial score (nSPS) is 11.1. The van der Waals surface area contributed by atoms with Crippen molar-refractivity contribution in [2.24, 2.45) is 14.1 Å². The second-order valence-corrected chi connectivity index (χ2v) is 7.55. The summed E-state index contributed by atoms with van der Waals surface area (Å²) in [4.78, 5) is 42.1. The molecule has 4 rings (SSSR count). The first-order chi connectivity index (χ1) is 14.8. The molecule has 8 heteroatoms. The first-order valence-corrected chi connectivity index (χ1v) is 9.86. The molecule has 0 aliphatic heterocycles. The molecular weight excluding hydrogens is 394 g/mol. The van der Waals surface area contributed by atoms with Crippen LogP contribution in [0.15, 0.2) is 58.1 Å². The number of hydrogen-bond donors (Lipinski definition) is 1. The van der Waals surface area contributed by atoms with Gasteiger partial charge in [0, 0.05) is 38.8 Å². The molecule has 0 radical (unpaired) electrons. The molecule has 2 aromatic carbocycles. The Hall–Kier alpha value is -3.94. The highest BCUT2D eigenvalue weighted by Gasteiger charge is 2.20. The minimum atomic E-state index is -0.431. The van der Waals surface area contributed by atoms with Gasteiger partial charge in [0.1, 0.15) is 5.82 Å². The maximum atomic E-state index is 13.0. The quantitative estimate of drug-likeness (QED) is 0.548. The Morgan fingerprint density at radius 1 is 1.03 bits per heavy atom. The van der Waals surface area contributed by atoms with Gasteiger partial charge in [0.2, 0.25) is 0 Å². The summed E-state index contributed by atoms with van der Waals surface area (Å²) in [5, 5.41) is 2.60. The largest absolute Gasteiger partial charge is 0.355 e. The van der Waals surface area contributed by atoms with Crippen LogP contribution in [-0.4, -0.2) is 31.6 Å². The van der Waals surface area contributed by atoms with Crippen molar-refractivity contribution in [1.29, 1.82) is 0 Å². The highest BCUT2D eigenvalue weighted by atomic mass is 16.2. The summed E-state index contributed by atoms with van der Waals surface area (Å²) < 4.78 is 4.31. The van der Waals surface area contributed by atoms with Crippen molar-refractivity contribution >= 4 is 17.1 Å². The number of fused-ring (bicyclic) bond motifs is 1. The van der Waals surface area contributed by atoms with Gasteiger partial charge in [0.25, 0.3) is 11.5 Å². The zero-order valence-electron chi connectivity index (χ0n) is 17.8. The van der Waals surface area contributed by atoms with Gasteiger partial charge in [-0.05, 0) is 24.6 Å². The van der Waals surface area contributed by atoms with Gasteiger partial charge >= 0.3 is 5.69 Å². The summed E-state index contributed by atoms with van der Waals surface area (Å²) in [6.07, 6.45) is 0. The molecule has 0 spiro atoms. The Labute approximate surface area is 178 Å². The number of amides is 1. The van der Waals surface area contributed by atoms with Crippen LogP contribution in [0.5, 0.6) is 0 Å². The molecule has 0 bridgehead atoms. The second-order valence-electron chi connectivity index (χ2n) is 7.55. The van der Waals surface area contributed by atoms with Crippen LogP contribution in [-0.2, 0) is 20.6 Å². The summed E-state index contributed by atoms with van der Waals surface area (Å²) in [5.74, 6) is 0.370. The third-order valence-corrected chi connectivity index (χ3v) is 5.40. The minimum Gasteiger partial charge on any atom is -0.355 e. The Balaban J connectivity index is 1.99. The number of carbonyl (C=O) groups excluding carboxylic acids is 1. The summed E-state index contributed by atoms with van der Waals surface area (Å²) in [6, 6.07) is 15.0. The number of rotatable bonds is 4. The maximum absolute atomic E-state index is 13.0. The molecule has 2 heterocycles. The zero-order chi connectivity index (χ0) is 22.3. The van der Waals surface area contributed by atoms with Crippen molar-refractivity contribution in [2.45, 2.75) is 13.5 Å². The second kappa shape index (κ2) is 7.71. The fraction of sp³-hybridized carbons (Fsp3) is 0.217. The molecule has 8 nitrogen and oxygen atoms in total. The first kappa shape index (κ1) is 20.3. The summed E-state index contributed by atoms with van der Waals surface area (Å²) in [5.41, 5.74) is 3.24. The van der Waals surface area contributed by atoms with Gasteiger partial charge in [-0.1, -0.05) is 42.0 Å². The summed E-state index contributed by atoms with van der Waals surface area (Å²) in [7, 11) is 4.65. The Bertz CT molecular complexity index is 1420. The number of benzene rings is 2. The van der Waals surface area contributed by atoms with E-state index in [0.717, 1.165) is 21.3 Å². The number of imidazole rings is 1. The molecule has 0 saturated heterocycles. The predicted octanol–water partition coefficient (Wildman–Crippen LogP) is 1.82. The van der Waals surface area contributed by atoms with Crippen LogP contribution in [0.2, 0.25) is 0 Å². The Morgan fingerprint density at radius 2 is 1.74 bits per heavy atom. The molecule has 2 aromatic heterocycles. The fourth-order valence-electron chi connectivity index (χ4n) is 3.73. The Kier molecular flexibility index (Phi) is 5.06. The minimum absolute atomic E-state index is 0.184. The topological polar surface area (TPSA) is 90.9 Å². The number of nitrogens with one attached hydrogen (secondary N) is 1. The van der Waals surface area contributed by atoms with E-state index in [1.54, 1.807) is 38.4 Å². The van der Waals surface area contributed by atoms with E-state index in [4.69, 9.17) is 0 Å². The lowest BCUT2D eigenvalue weighted by Crippen LogP contribution is -2.37. The molecule has 158 valence electrons. The van der Waals surface area contributed by atoms with E-state index in [-0.39, 0.29) is 5.91 Å². The third-order valence-electron chi connectivity index (χ3n) is 5.40. The highest BCUT2D eigenvalue weighted by Crippen LogP contribution is 2.24. The van der Waals surface area contributed by atoms with Gasteiger partial charge in [0.05, 0.1) is 0 Å². The van der Waals surface area contributed by atoms with E-state index in [2.05, 4.69) is 16.4 Å². The van der Waals surface area contributed by atoms with Crippen molar-refractivity contribution in [2.75, 3.05) is 7.05 Å². The molecule has 0 fully saturated rings. The van der Waals surface area contributed by atoms with Gasteiger partial charge in [0.15, 0.2) is 11.2 Å². The lowest BCUT2D eigenvalue weighted by molar-refractivity contribution is 0.0963. The lowest BCUT2D eigenvalue weighted by atomic mass is 10.1. The van der Waals surface area contributed by atoms with Crippen LogP contribution in [0.1, 0.15) is 21.5 Å². The zero-order valence-corrected chi connectivity index (χ0v) is 17.8. The van der Waals surface area contributed by atoms with E-state index >= 15 is 0 Å². The average Bonchev–Trinajstić information content (AvgIpc) is 3.15. The van der Waals surface area contributed by atoms with Crippen molar-refractivity contribution in [3.8, 4) is 11.4 Å². The van der Waals surface area contributed by atoms with Crippen LogP contribution in [0.25, 0.3) is 22.6 Å². The van der Waals surface area contributed by atoms with Crippen LogP contribution >= 0.6 is 0 Å². The lowest BCUT2D eigenvalue weighted by Gasteiger charge is -2.11. The van der Waals surface area contributed by atoms with E-state index in [0.29, 0.717) is 29.1 Å². The number of nitrogens with zero attached hydrogens (tertiary/aromatic N) is 4. The fourth-order valence-corrected chi connectivity index (χ4v) is 3.73. The van der Waals surface area contributed by atoms with E-state index in [1.165, 1.54) is 11.6 Å². The summed E-state index contributed by atoms with van der Waals surface area (Å²) in [6.45, 7) is 2.43. The predicted molar refractivity (Wildman–Crippen MR) is 119 cm³/mol. The van der Waals surface area contributed by atoms with Crippen molar-refractivity contribution in [3.05, 3.63) is 86.1 Å². The first-order valence-electron chi connectivity index (χ1n) is 9.86. The molecule has 1 amide bonds. The third kappa shape index (κ3) is 3.46. The molecule has 31 heavy (non-hydrogen) atoms. The van der Waals surface area contributed by atoms with Crippen LogP contribution in [0, 0.1) is 6.92 Å². The molecule has 0 saturated carbocycles. The number of carbonyl (C=O) groups is 1. The maximum Gasteiger partial charge on any atom is 0.332 e. The van der Waals surface area contributed by atoms with Gasteiger partial charge in [-0.2, -0.15) is 0 Å². The number of aryl methyl sites for hydroxylation is 2. The number of hydrogen-bond acceptors (Lipinski definition) is 4. The highest BCUT2D eigenvalue weighted by molar-refractivity contribution is 5.94. The molecule has 0 aliphatic rings. The monoisotopic (exact) mass is 417 g/mol. The van der Waals surface area contributed by atoms with Gasteiger partial charge < -0.3 is 9.88 Å². The van der Waals surface area contributed by atoms with Gasteiger partial charge in [-0.15, -0.1) is 0 Å². The SMILES string of the molecule is CNC(=O)c1ccc(-c2nc3c(c(=O)n(C)c(=O)n3C)n2Cc2cccc(C)c2)cc1. The average molecular weight is 417 g/mol. The van der Waals surface area contributed by atoms with Crippen molar-refractivity contribution < 1.29 is 4.79 Å². The molecule has 0 atom stereocenters. The molecule has 0 unspecified atom stereocenters. The van der Waals surface area contributed by atoms with Crippen molar-refractivity contribution in [1.82, 2.24) is 24.0 Å². The Morgan fingerprint density at radius 3 is 2.39 bits per heavy atom. The molecule has 1 N–H and O–H groups in total. The van der Waals surface area contributed by atoms with Crippen LogP contribution < -0.4 is 16.6 Å². The van der Waals surface area contributed by atoms with Gasteiger partial charge in [-0.3, -0.25) is 18.7 Å². The standard InChI is InChI=1S/C23H23N5O3/c1-14-6-5-7-15(12-14)13-28-18-20(26(3)23(31)27(4)22(18)30)25-19(28)16-8-10-17(11-9-16)21(29)24-2/h5-12H,13H2,1-4H3,(H,24,29). The molecule has 0 aliphatic carbocycles. The number of aromatic nitrogens is 4. The summed E-state index contributed by atoms with van der Waals surface area (Å²) >= 11 is 0. The van der Waals surface area contributed by atoms with Crippen LogP contribution in [0.3, 0.4) is 0 Å². The van der Waals surface area contributed by atoms with E-state index < -0.39 is 11.2 Å². The van der Waals surface area contributed by atoms with Gasteiger partial charge in [-0.25, -0.2) is 9.78 Å².